The highest BCUT2D eigenvalue weighted by Gasteiger charge is 2.38. The number of aryl methyl sites for hydroxylation is 1. The van der Waals surface area contributed by atoms with Gasteiger partial charge in [0.05, 0.1) is 0 Å². The fraction of sp³-hybridized carbons (Fsp3) is 0.545. The molecule has 0 aliphatic rings. The van der Waals surface area contributed by atoms with E-state index in [-0.39, 0.29) is 10.9 Å². The van der Waals surface area contributed by atoms with Gasteiger partial charge in [0.1, 0.15) is 24.5 Å². The van der Waals surface area contributed by atoms with Gasteiger partial charge >= 0.3 is 0 Å². The third-order valence-corrected chi connectivity index (χ3v) is 2.60. The van der Waals surface area contributed by atoms with Crippen LogP contribution in [0, 0.1) is 6.92 Å². The van der Waals surface area contributed by atoms with Crippen molar-refractivity contribution in [3.8, 4) is 5.88 Å². The van der Waals surface area contributed by atoms with Crippen LogP contribution in [0.4, 0.5) is 13.2 Å². The lowest BCUT2D eigenvalue weighted by Crippen LogP contribution is -2.41. The van der Waals surface area contributed by atoms with E-state index in [9.17, 15) is 13.2 Å². The maximum atomic E-state index is 13.6. The van der Waals surface area contributed by atoms with Crippen LogP contribution >= 0.6 is 11.6 Å². The number of aromatic nitrogens is 1. The summed E-state index contributed by atoms with van der Waals surface area (Å²) in [6.07, 6.45) is -0.508. The minimum absolute atomic E-state index is 0.0339. The number of rotatable bonds is 5. The first kappa shape index (κ1) is 14.1. The normalized spacial score (nSPS) is 16.4. The molecule has 2 atom stereocenters. The molecule has 0 saturated heterocycles. The van der Waals surface area contributed by atoms with Gasteiger partial charge in [-0.1, -0.05) is 11.6 Å². The monoisotopic (exact) mass is 267 g/mol. The minimum Gasteiger partial charge on any atom is -0.473 e. The molecule has 1 aromatic rings. The molecule has 2 nitrogen and oxygen atoms in total. The topological polar surface area (TPSA) is 22.1 Å². The van der Waals surface area contributed by atoms with Crippen molar-refractivity contribution in [3.63, 3.8) is 0 Å². The molecule has 0 amide bonds. The molecule has 0 fully saturated rings. The molecule has 1 rings (SSSR count). The van der Waals surface area contributed by atoms with Crippen molar-refractivity contribution < 1.29 is 17.9 Å². The van der Waals surface area contributed by atoms with E-state index >= 15 is 0 Å². The van der Waals surface area contributed by atoms with E-state index in [1.54, 1.807) is 13.0 Å². The van der Waals surface area contributed by atoms with E-state index < -0.39 is 25.1 Å². The summed E-state index contributed by atoms with van der Waals surface area (Å²) < 4.78 is 43.8. The van der Waals surface area contributed by atoms with E-state index in [0.717, 1.165) is 12.5 Å². The Morgan fingerprint density at radius 2 is 2.24 bits per heavy atom. The maximum absolute atomic E-state index is 13.6. The van der Waals surface area contributed by atoms with E-state index in [2.05, 4.69) is 4.98 Å². The summed E-state index contributed by atoms with van der Waals surface area (Å²) in [6.45, 7) is 0.478. The molecule has 0 aliphatic heterocycles. The average Bonchev–Trinajstić information content (AvgIpc) is 2.27. The third-order valence-electron chi connectivity index (χ3n) is 2.33. The highest BCUT2D eigenvalue weighted by atomic mass is 35.5. The lowest BCUT2D eigenvalue weighted by Gasteiger charge is -2.23. The number of hydrogen-bond donors (Lipinski definition) is 0. The molecule has 0 N–H and O–H groups in total. The van der Waals surface area contributed by atoms with Crippen molar-refractivity contribution in [3.05, 3.63) is 22.8 Å². The van der Waals surface area contributed by atoms with Crippen molar-refractivity contribution in [2.75, 3.05) is 13.3 Å². The molecule has 17 heavy (non-hydrogen) atoms. The molecule has 0 radical (unpaired) electrons. The summed E-state index contributed by atoms with van der Waals surface area (Å²) in [5.74, 6) is -0.0339. The summed E-state index contributed by atoms with van der Waals surface area (Å²) in [7, 11) is 0. The summed E-state index contributed by atoms with van der Waals surface area (Å²) in [5.41, 5.74) is -1.87. The van der Waals surface area contributed by atoms with Crippen LogP contribution in [0.1, 0.15) is 12.5 Å². The quantitative estimate of drug-likeness (QED) is 0.815. The van der Waals surface area contributed by atoms with Crippen molar-refractivity contribution in [1.82, 2.24) is 4.98 Å². The molecular weight excluding hydrogens is 255 g/mol. The first-order valence-corrected chi connectivity index (χ1v) is 5.41. The van der Waals surface area contributed by atoms with Gasteiger partial charge in [0.2, 0.25) is 11.5 Å². The zero-order valence-electron chi connectivity index (χ0n) is 9.51. The summed E-state index contributed by atoms with van der Waals surface area (Å²) >= 11 is 5.78. The largest absolute Gasteiger partial charge is 0.473 e. The first-order chi connectivity index (χ1) is 7.89. The highest BCUT2D eigenvalue weighted by Crippen LogP contribution is 2.26. The molecule has 0 saturated carbocycles. The van der Waals surface area contributed by atoms with Gasteiger partial charge in [-0.15, -0.1) is 0 Å². The van der Waals surface area contributed by atoms with Gasteiger partial charge in [-0.25, -0.2) is 18.2 Å². The molecule has 2 unspecified atom stereocenters. The summed E-state index contributed by atoms with van der Waals surface area (Å²) in [5, 5.41) is 0.178. The number of nitrogens with zero attached hydrogens (tertiary/aromatic N) is 1. The van der Waals surface area contributed by atoms with Crippen LogP contribution in [-0.2, 0) is 0 Å². The average molecular weight is 268 g/mol. The summed E-state index contributed by atoms with van der Waals surface area (Å²) in [4.78, 5) is 3.81. The van der Waals surface area contributed by atoms with E-state index in [1.165, 1.54) is 6.20 Å². The van der Waals surface area contributed by atoms with Gasteiger partial charge in [-0.3, -0.25) is 0 Å². The van der Waals surface area contributed by atoms with Gasteiger partial charge in [0, 0.05) is 6.20 Å². The second kappa shape index (κ2) is 5.58. The molecule has 1 heterocycles. The molecule has 1 aromatic heterocycles. The van der Waals surface area contributed by atoms with Crippen LogP contribution < -0.4 is 4.74 Å². The third kappa shape index (κ3) is 3.49. The predicted octanol–water partition coefficient (Wildman–Crippen LogP) is 3.46. The number of ether oxygens (including phenoxy) is 1. The molecule has 96 valence electrons. The van der Waals surface area contributed by atoms with Gasteiger partial charge in [-0.05, 0) is 25.5 Å². The number of alkyl halides is 3. The Kier molecular flexibility index (Phi) is 4.62. The number of halogens is 4. The fourth-order valence-corrected chi connectivity index (χ4v) is 1.35. The standard InChI is InChI=1S/C11H13ClF3NO/c1-7-3-9(12)10(16-4-7)17-6-11(15,5-13)8(2)14/h3-4,8H,5-6H2,1-2H3. The Balaban J connectivity index is 2.73. The molecule has 0 aliphatic carbocycles. The number of hydrogen-bond acceptors (Lipinski definition) is 2. The van der Waals surface area contributed by atoms with Gasteiger partial charge in [0.15, 0.2) is 0 Å². The Morgan fingerprint density at radius 1 is 1.59 bits per heavy atom. The van der Waals surface area contributed by atoms with E-state index in [0.29, 0.717) is 0 Å². The zero-order chi connectivity index (χ0) is 13.1. The first-order valence-electron chi connectivity index (χ1n) is 5.03. The van der Waals surface area contributed by atoms with Crippen LogP contribution in [0.15, 0.2) is 12.3 Å². The lowest BCUT2D eigenvalue weighted by atomic mass is 10.0. The Hall–Kier alpha value is -0.970. The summed E-state index contributed by atoms with van der Waals surface area (Å²) in [6, 6.07) is 1.57. The van der Waals surface area contributed by atoms with Crippen molar-refractivity contribution in [1.29, 1.82) is 0 Å². The van der Waals surface area contributed by atoms with Crippen LogP contribution in [0.5, 0.6) is 5.88 Å². The van der Waals surface area contributed by atoms with Gasteiger partial charge < -0.3 is 4.74 Å². The molecule has 0 aromatic carbocycles. The second-order valence-corrected chi connectivity index (χ2v) is 4.28. The minimum atomic E-state index is -2.67. The van der Waals surface area contributed by atoms with Crippen molar-refractivity contribution >= 4 is 11.6 Å². The van der Waals surface area contributed by atoms with Crippen LogP contribution in [0.3, 0.4) is 0 Å². The lowest BCUT2D eigenvalue weighted by molar-refractivity contribution is -0.00624. The van der Waals surface area contributed by atoms with Crippen LogP contribution in [-0.4, -0.2) is 30.1 Å². The highest BCUT2D eigenvalue weighted by molar-refractivity contribution is 6.31. The molecule has 0 spiro atoms. The van der Waals surface area contributed by atoms with Crippen molar-refractivity contribution in [2.24, 2.45) is 0 Å². The van der Waals surface area contributed by atoms with Crippen LogP contribution in [0.2, 0.25) is 5.02 Å². The maximum Gasteiger partial charge on any atom is 0.232 e. The Labute approximate surface area is 103 Å². The Morgan fingerprint density at radius 3 is 2.71 bits per heavy atom. The fourth-order valence-electron chi connectivity index (χ4n) is 1.08. The second-order valence-electron chi connectivity index (χ2n) is 3.87. The van der Waals surface area contributed by atoms with Gasteiger partial charge in [0.25, 0.3) is 0 Å². The SMILES string of the molecule is Cc1cnc(OCC(F)(CF)C(C)F)c(Cl)c1. The smallest absolute Gasteiger partial charge is 0.232 e. The number of pyridine rings is 1. The Bertz CT molecular complexity index is 389. The van der Waals surface area contributed by atoms with Gasteiger partial charge in [-0.2, -0.15) is 0 Å². The molecular formula is C11H13ClF3NO. The van der Waals surface area contributed by atoms with E-state index in [1.807, 2.05) is 0 Å². The molecule has 0 bridgehead atoms. The predicted molar refractivity (Wildman–Crippen MR) is 59.9 cm³/mol. The van der Waals surface area contributed by atoms with Crippen LogP contribution in [0.25, 0.3) is 0 Å². The molecule has 6 heteroatoms. The zero-order valence-corrected chi connectivity index (χ0v) is 10.3. The van der Waals surface area contributed by atoms with E-state index in [4.69, 9.17) is 16.3 Å². The van der Waals surface area contributed by atoms with Crippen molar-refractivity contribution in [2.45, 2.75) is 25.7 Å².